The van der Waals surface area contributed by atoms with Crippen molar-refractivity contribution in [1.29, 1.82) is 0 Å². The number of nitrogens with one attached hydrogen (secondary N) is 2. The Labute approximate surface area is 122 Å². The molecule has 1 rings (SSSR count). The zero-order valence-corrected chi connectivity index (χ0v) is 13.8. The molecular formula is C14H27N3O2S. The first-order chi connectivity index (χ1) is 9.42. The molecule has 0 saturated carbocycles. The maximum atomic E-state index is 12.2. The van der Waals surface area contributed by atoms with Crippen LogP contribution in [0.5, 0.6) is 0 Å². The van der Waals surface area contributed by atoms with Gasteiger partial charge in [-0.05, 0) is 33.4 Å². The van der Waals surface area contributed by atoms with Crippen molar-refractivity contribution in [3.63, 3.8) is 0 Å². The molecule has 0 radical (unpaired) electrons. The molecule has 0 saturated heterocycles. The molecule has 5 nitrogen and oxygen atoms in total. The molecule has 0 amide bonds. The summed E-state index contributed by atoms with van der Waals surface area (Å²) in [4.78, 5) is 0.355. The van der Waals surface area contributed by atoms with Crippen LogP contribution in [0.3, 0.4) is 0 Å². The van der Waals surface area contributed by atoms with Gasteiger partial charge in [-0.15, -0.1) is 0 Å². The molecule has 1 aromatic rings. The summed E-state index contributed by atoms with van der Waals surface area (Å²) in [6, 6.07) is 1.99. The number of hydrogen-bond acceptors (Lipinski definition) is 3. The molecular weight excluding hydrogens is 274 g/mol. The predicted octanol–water partition coefficient (Wildman–Crippen LogP) is 2.26. The van der Waals surface area contributed by atoms with E-state index in [-0.39, 0.29) is 6.04 Å². The van der Waals surface area contributed by atoms with Crippen LogP contribution in [0.1, 0.15) is 51.8 Å². The van der Waals surface area contributed by atoms with Crippen molar-refractivity contribution in [2.24, 2.45) is 0 Å². The van der Waals surface area contributed by atoms with Gasteiger partial charge in [0, 0.05) is 31.0 Å². The lowest BCUT2D eigenvalue weighted by atomic mass is 10.3. The van der Waals surface area contributed by atoms with Crippen molar-refractivity contribution in [3.8, 4) is 0 Å². The first-order valence-electron chi connectivity index (χ1n) is 7.27. The molecule has 116 valence electrons. The summed E-state index contributed by atoms with van der Waals surface area (Å²) in [5.41, 5.74) is 0.983. The number of rotatable bonds is 9. The van der Waals surface area contributed by atoms with Crippen LogP contribution in [0, 0.1) is 0 Å². The van der Waals surface area contributed by atoms with E-state index in [0.717, 1.165) is 25.0 Å². The molecule has 0 aliphatic rings. The van der Waals surface area contributed by atoms with E-state index in [2.05, 4.69) is 17.0 Å². The second kappa shape index (κ2) is 7.81. The third-order valence-corrected chi connectivity index (χ3v) is 4.63. The highest BCUT2D eigenvalue weighted by atomic mass is 32.2. The first-order valence-corrected chi connectivity index (χ1v) is 8.75. The summed E-state index contributed by atoms with van der Waals surface area (Å²) in [6.45, 7) is 7.35. The zero-order valence-electron chi connectivity index (χ0n) is 12.9. The SMILES string of the molecule is CCCCCNS(=O)(=O)c1cc(CNC)n(C(C)C)c1. The minimum Gasteiger partial charge on any atom is -0.346 e. The second-order valence-corrected chi connectivity index (χ2v) is 7.07. The lowest BCUT2D eigenvalue weighted by molar-refractivity contribution is 0.560. The summed E-state index contributed by atoms with van der Waals surface area (Å²) in [5, 5.41) is 3.07. The van der Waals surface area contributed by atoms with Crippen molar-refractivity contribution in [2.45, 2.75) is 57.5 Å². The number of aromatic nitrogens is 1. The third kappa shape index (κ3) is 4.61. The highest BCUT2D eigenvalue weighted by Crippen LogP contribution is 2.18. The lowest BCUT2D eigenvalue weighted by Gasteiger charge is -2.12. The Bertz CT molecular complexity index is 506. The predicted molar refractivity (Wildman–Crippen MR) is 82.3 cm³/mol. The fraction of sp³-hybridized carbons (Fsp3) is 0.714. The molecule has 20 heavy (non-hydrogen) atoms. The van der Waals surface area contributed by atoms with Gasteiger partial charge in [-0.1, -0.05) is 19.8 Å². The van der Waals surface area contributed by atoms with Gasteiger partial charge in [0.05, 0.1) is 4.90 Å². The van der Waals surface area contributed by atoms with Crippen LogP contribution in [0.2, 0.25) is 0 Å². The van der Waals surface area contributed by atoms with Crippen molar-refractivity contribution in [1.82, 2.24) is 14.6 Å². The van der Waals surface area contributed by atoms with Gasteiger partial charge < -0.3 is 9.88 Å². The molecule has 1 aromatic heterocycles. The van der Waals surface area contributed by atoms with Gasteiger partial charge in [0.2, 0.25) is 10.0 Å². The maximum Gasteiger partial charge on any atom is 0.242 e. The Morgan fingerprint density at radius 1 is 1.30 bits per heavy atom. The molecule has 0 unspecified atom stereocenters. The van der Waals surface area contributed by atoms with Crippen LogP contribution >= 0.6 is 0 Å². The first kappa shape index (κ1) is 17.2. The minimum absolute atomic E-state index is 0.238. The fourth-order valence-corrected chi connectivity index (χ4v) is 3.24. The van der Waals surface area contributed by atoms with E-state index in [9.17, 15) is 8.42 Å². The number of unbranched alkanes of at least 4 members (excludes halogenated alkanes) is 2. The van der Waals surface area contributed by atoms with E-state index in [1.54, 1.807) is 12.3 Å². The lowest BCUT2D eigenvalue weighted by Crippen LogP contribution is -2.24. The van der Waals surface area contributed by atoms with Gasteiger partial charge in [-0.3, -0.25) is 0 Å². The highest BCUT2D eigenvalue weighted by molar-refractivity contribution is 7.89. The normalized spacial score (nSPS) is 12.2. The van der Waals surface area contributed by atoms with Crippen molar-refractivity contribution in [3.05, 3.63) is 18.0 Å². The maximum absolute atomic E-state index is 12.2. The van der Waals surface area contributed by atoms with Gasteiger partial charge >= 0.3 is 0 Å². The summed E-state index contributed by atoms with van der Waals surface area (Å²) in [5.74, 6) is 0. The van der Waals surface area contributed by atoms with Crippen LogP contribution in [-0.4, -0.2) is 26.6 Å². The second-order valence-electron chi connectivity index (χ2n) is 5.30. The zero-order chi connectivity index (χ0) is 15.2. The van der Waals surface area contributed by atoms with E-state index in [0.29, 0.717) is 18.0 Å². The molecule has 2 N–H and O–H groups in total. The summed E-state index contributed by atoms with van der Waals surface area (Å²) in [7, 11) is -1.54. The van der Waals surface area contributed by atoms with Crippen LogP contribution in [0.25, 0.3) is 0 Å². The average Bonchev–Trinajstić information content (AvgIpc) is 2.80. The van der Waals surface area contributed by atoms with Crippen LogP contribution in [0.15, 0.2) is 17.2 Å². The quantitative estimate of drug-likeness (QED) is 0.688. The minimum atomic E-state index is -3.39. The molecule has 6 heteroatoms. The van der Waals surface area contributed by atoms with Crippen LogP contribution in [-0.2, 0) is 16.6 Å². The van der Waals surface area contributed by atoms with E-state index in [4.69, 9.17) is 0 Å². The summed E-state index contributed by atoms with van der Waals surface area (Å²) in [6.07, 6.45) is 4.72. The molecule has 0 spiro atoms. The van der Waals surface area contributed by atoms with E-state index in [1.807, 2.05) is 25.5 Å². The molecule has 1 heterocycles. The van der Waals surface area contributed by atoms with Crippen LogP contribution in [0.4, 0.5) is 0 Å². The molecule has 0 bridgehead atoms. The molecule has 0 atom stereocenters. The molecule has 0 aliphatic heterocycles. The summed E-state index contributed by atoms with van der Waals surface area (Å²) < 4.78 is 29.2. The topological polar surface area (TPSA) is 63.1 Å². The fourth-order valence-electron chi connectivity index (χ4n) is 2.11. The Morgan fingerprint density at radius 3 is 2.55 bits per heavy atom. The van der Waals surface area contributed by atoms with Gasteiger partial charge in [0.25, 0.3) is 0 Å². The number of nitrogens with zero attached hydrogens (tertiary/aromatic N) is 1. The van der Waals surface area contributed by atoms with Gasteiger partial charge in [0.15, 0.2) is 0 Å². The van der Waals surface area contributed by atoms with E-state index in [1.165, 1.54) is 0 Å². The third-order valence-electron chi connectivity index (χ3n) is 3.20. The largest absolute Gasteiger partial charge is 0.346 e. The number of hydrogen-bond donors (Lipinski definition) is 2. The Hall–Kier alpha value is -0.850. The van der Waals surface area contributed by atoms with Crippen molar-refractivity contribution >= 4 is 10.0 Å². The van der Waals surface area contributed by atoms with E-state index < -0.39 is 10.0 Å². The Morgan fingerprint density at radius 2 is 2.00 bits per heavy atom. The molecule has 0 aromatic carbocycles. The smallest absolute Gasteiger partial charge is 0.242 e. The van der Waals surface area contributed by atoms with Crippen molar-refractivity contribution in [2.75, 3.05) is 13.6 Å². The Kier molecular flexibility index (Phi) is 6.71. The molecule has 0 aliphatic carbocycles. The van der Waals surface area contributed by atoms with Crippen LogP contribution < -0.4 is 10.0 Å². The van der Waals surface area contributed by atoms with Gasteiger partial charge in [-0.2, -0.15) is 0 Å². The summed E-state index contributed by atoms with van der Waals surface area (Å²) >= 11 is 0. The highest BCUT2D eigenvalue weighted by Gasteiger charge is 2.18. The van der Waals surface area contributed by atoms with Crippen molar-refractivity contribution < 1.29 is 8.42 Å². The van der Waals surface area contributed by atoms with Gasteiger partial charge in [0.1, 0.15) is 0 Å². The van der Waals surface area contributed by atoms with E-state index >= 15 is 0 Å². The number of sulfonamides is 1. The molecule has 0 fully saturated rings. The Balaban J connectivity index is 2.86. The monoisotopic (exact) mass is 301 g/mol. The van der Waals surface area contributed by atoms with Gasteiger partial charge in [-0.25, -0.2) is 13.1 Å². The average molecular weight is 301 g/mol. The standard InChI is InChI=1S/C14H27N3O2S/c1-5-6-7-8-16-20(18,19)14-9-13(10-15-4)17(11-14)12(2)3/h9,11-12,15-16H,5-8,10H2,1-4H3.